The molecule has 4 rings (SSSR count). The Labute approximate surface area is 201 Å². The second kappa shape index (κ2) is 9.40. The van der Waals surface area contributed by atoms with Gasteiger partial charge in [-0.05, 0) is 115 Å². The molecule has 0 aromatic carbocycles. The molecule has 182 valence electrons. The van der Waals surface area contributed by atoms with Crippen LogP contribution < -0.4 is 0 Å². The minimum atomic E-state index is -0.401. The normalized spacial score (nSPS) is 43.3. The summed E-state index contributed by atoms with van der Waals surface area (Å²) in [5.41, 5.74) is 1.56. The van der Waals surface area contributed by atoms with Crippen molar-refractivity contribution in [1.29, 1.82) is 0 Å². The number of carbonyl (C=O) groups excluding carboxylic acids is 1. The van der Waals surface area contributed by atoms with Crippen molar-refractivity contribution >= 4 is 17.5 Å². The highest BCUT2D eigenvalue weighted by molar-refractivity contribution is 7.99. The number of fused-ring (bicyclic) bond motifs is 5. The lowest BCUT2D eigenvalue weighted by molar-refractivity contribution is -0.119. The van der Waals surface area contributed by atoms with Gasteiger partial charge < -0.3 is 5.11 Å². The van der Waals surface area contributed by atoms with Gasteiger partial charge in [-0.3, -0.25) is 4.79 Å². The molecule has 4 aliphatic carbocycles. The van der Waals surface area contributed by atoms with Gasteiger partial charge in [0.05, 0.1) is 6.10 Å². The molecule has 9 atom stereocenters. The number of hydrogen-bond donors (Lipinski definition) is 1. The van der Waals surface area contributed by atoms with E-state index in [1.54, 1.807) is 0 Å². The van der Waals surface area contributed by atoms with Crippen molar-refractivity contribution in [2.24, 2.45) is 46.3 Å². The van der Waals surface area contributed by atoms with Crippen LogP contribution in [0.25, 0.3) is 0 Å². The molecular formula is C29H48O2S. The van der Waals surface area contributed by atoms with Crippen molar-refractivity contribution in [3.05, 3.63) is 11.6 Å². The highest BCUT2D eigenvalue weighted by Crippen LogP contribution is 2.67. The summed E-state index contributed by atoms with van der Waals surface area (Å²) in [6.07, 6.45) is 12.0. The third kappa shape index (κ3) is 4.16. The number of rotatable bonds is 7. The maximum absolute atomic E-state index is 12.1. The fraction of sp³-hybridized carbons (Fsp3) is 0.897. The minimum absolute atomic E-state index is 0.0448. The molecule has 1 N–H and O–H groups in total. The fourth-order valence-corrected chi connectivity index (χ4v) is 10.1. The van der Waals surface area contributed by atoms with Crippen LogP contribution in [0.15, 0.2) is 11.6 Å². The quantitative estimate of drug-likeness (QED) is 0.433. The Balaban J connectivity index is 1.49. The second-order valence-corrected chi connectivity index (χ2v) is 14.1. The summed E-state index contributed by atoms with van der Waals surface area (Å²) < 4.78 is 0. The van der Waals surface area contributed by atoms with Crippen molar-refractivity contribution < 1.29 is 9.90 Å². The zero-order chi connectivity index (χ0) is 23.3. The Hall–Kier alpha value is -0.280. The number of hydrogen-bond acceptors (Lipinski definition) is 3. The van der Waals surface area contributed by atoms with E-state index in [2.05, 4.69) is 53.3 Å². The van der Waals surface area contributed by atoms with Gasteiger partial charge in [0.25, 0.3) is 0 Å². The standard InChI is InChI=1S/C29H48O2S/c1-7-32-27(18(2)3)11-8-19(4)22-9-10-23-21-17-26(31)25-16-20(30)12-14-29(25,6)24(21)13-15-28(22,23)5/h16,18-19,21-24,26-27,31H,7-15,17H2,1-6H3. The molecule has 4 aliphatic rings. The van der Waals surface area contributed by atoms with Crippen molar-refractivity contribution in [2.45, 2.75) is 111 Å². The van der Waals surface area contributed by atoms with Crippen LogP contribution in [0.3, 0.4) is 0 Å². The second-order valence-electron chi connectivity index (χ2n) is 12.6. The number of carbonyl (C=O) groups is 1. The highest BCUT2D eigenvalue weighted by atomic mass is 32.2. The van der Waals surface area contributed by atoms with Crippen LogP contribution in [0, 0.1) is 46.3 Å². The van der Waals surface area contributed by atoms with E-state index < -0.39 is 6.10 Å². The average Bonchev–Trinajstić information content (AvgIpc) is 3.09. The molecule has 3 saturated carbocycles. The van der Waals surface area contributed by atoms with Gasteiger partial charge in [-0.1, -0.05) is 41.5 Å². The summed E-state index contributed by atoms with van der Waals surface area (Å²) in [5.74, 6) is 5.90. The van der Waals surface area contributed by atoms with Crippen LogP contribution in [-0.4, -0.2) is 28.0 Å². The number of aliphatic hydroxyl groups excluding tert-OH is 1. The van der Waals surface area contributed by atoms with E-state index >= 15 is 0 Å². The van der Waals surface area contributed by atoms with Crippen LogP contribution in [-0.2, 0) is 4.79 Å². The summed E-state index contributed by atoms with van der Waals surface area (Å²) in [4.78, 5) is 12.1. The minimum Gasteiger partial charge on any atom is -0.389 e. The van der Waals surface area contributed by atoms with Gasteiger partial charge in [0, 0.05) is 11.7 Å². The van der Waals surface area contributed by atoms with Crippen LogP contribution >= 0.6 is 11.8 Å². The zero-order valence-corrected chi connectivity index (χ0v) is 22.3. The Morgan fingerprint density at radius 3 is 2.53 bits per heavy atom. The first-order valence-corrected chi connectivity index (χ1v) is 14.7. The van der Waals surface area contributed by atoms with Gasteiger partial charge >= 0.3 is 0 Å². The van der Waals surface area contributed by atoms with E-state index in [-0.39, 0.29) is 11.2 Å². The molecule has 9 unspecified atom stereocenters. The summed E-state index contributed by atoms with van der Waals surface area (Å²) in [7, 11) is 0. The highest BCUT2D eigenvalue weighted by Gasteiger charge is 2.60. The lowest BCUT2D eigenvalue weighted by atomic mass is 9.46. The van der Waals surface area contributed by atoms with E-state index in [9.17, 15) is 9.90 Å². The molecule has 0 radical (unpaired) electrons. The molecule has 0 heterocycles. The molecule has 3 fully saturated rings. The molecule has 0 aromatic heterocycles. The molecule has 3 heteroatoms. The average molecular weight is 461 g/mol. The van der Waals surface area contributed by atoms with E-state index in [1.165, 1.54) is 44.3 Å². The summed E-state index contributed by atoms with van der Waals surface area (Å²) in [5, 5.41) is 11.9. The SMILES string of the molecule is CCSC(CCC(C)C1CCC2C3CC(O)C4=CC(=O)CCC4(C)C3CCC12C)C(C)C. The zero-order valence-electron chi connectivity index (χ0n) is 21.5. The lowest BCUT2D eigenvalue weighted by Gasteiger charge is -2.59. The maximum Gasteiger partial charge on any atom is 0.155 e. The number of aliphatic hydroxyl groups is 1. The van der Waals surface area contributed by atoms with Crippen LogP contribution in [0.5, 0.6) is 0 Å². The number of thioether (sulfide) groups is 1. The Bertz CT molecular complexity index is 729. The maximum atomic E-state index is 12.1. The molecule has 0 saturated heterocycles. The summed E-state index contributed by atoms with van der Waals surface area (Å²) >= 11 is 2.16. The van der Waals surface area contributed by atoms with Crippen LogP contribution in [0.1, 0.15) is 99.3 Å². The molecule has 0 aliphatic heterocycles. The Kier molecular flexibility index (Phi) is 7.30. The summed E-state index contributed by atoms with van der Waals surface area (Å²) in [6.45, 7) is 14.6. The first-order chi connectivity index (χ1) is 15.1. The molecule has 0 aromatic rings. The van der Waals surface area contributed by atoms with E-state index in [1.807, 2.05) is 6.08 Å². The van der Waals surface area contributed by atoms with Crippen molar-refractivity contribution in [2.75, 3.05) is 5.75 Å². The topological polar surface area (TPSA) is 37.3 Å². The van der Waals surface area contributed by atoms with Gasteiger partial charge in [-0.15, -0.1) is 0 Å². The molecular weight excluding hydrogens is 412 g/mol. The third-order valence-corrected chi connectivity index (χ3v) is 12.3. The largest absolute Gasteiger partial charge is 0.389 e. The van der Waals surface area contributed by atoms with Gasteiger partial charge in [0.15, 0.2) is 5.78 Å². The Morgan fingerprint density at radius 1 is 1.09 bits per heavy atom. The van der Waals surface area contributed by atoms with E-state index in [0.717, 1.165) is 47.3 Å². The molecule has 0 spiro atoms. The van der Waals surface area contributed by atoms with Crippen molar-refractivity contribution in [1.82, 2.24) is 0 Å². The molecule has 32 heavy (non-hydrogen) atoms. The van der Waals surface area contributed by atoms with E-state index in [0.29, 0.717) is 23.7 Å². The monoisotopic (exact) mass is 460 g/mol. The predicted octanol–water partition coefficient (Wildman–Crippen LogP) is 7.30. The first kappa shape index (κ1) is 24.8. The summed E-state index contributed by atoms with van der Waals surface area (Å²) in [6, 6.07) is 0. The van der Waals surface area contributed by atoms with Crippen molar-refractivity contribution in [3.63, 3.8) is 0 Å². The molecule has 2 nitrogen and oxygen atoms in total. The smallest absolute Gasteiger partial charge is 0.155 e. The van der Waals surface area contributed by atoms with Gasteiger partial charge in [0.1, 0.15) is 0 Å². The van der Waals surface area contributed by atoms with Crippen molar-refractivity contribution in [3.8, 4) is 0 Å². The first-order valence-electron chi connectivity index (χ1n) is 13.7. The van der Waals surface area contributed by atoms with Gasteiger partial charge in [0.2, 0.25) is 0 Å². The van der Waals surface area contributed by atoms with Gasteiger partial charge in [-0.2, -0.15) is 11.8 Å². The van der Waals surface area contributed by atoms with Crippen LogP contribution in [0.4, 0.5) is 0 Å². The molecule has 0 amide bonds. The fourth-order valence-electron chi connectivity index (χ4n) is 9.03. The third-order valence-electron chi connectivity index (χ3n) is 10.8. The number of ketones is 1. The Morgan fingerprint density at radius 2 is 1.84 bits per heavy atom. The predicted molar refractivity (Wildman–Crippen MR) is 137 cm³/mol. The van der Waals surface area contributed by atoms with Gasteiger partial charge in [-0.25, -0.2) is 0 Å². The molecule has 0 bridgehead atoms. The van der Waals surface area contributed by atoms with E-state index in [4.69, 9.17) is 0 Å². The lowest BCUT2D eigenvalue weighted by Crippen LogP contribution is -2.54. The van der Waals surface area contributed by atoms with Crippen LogP contribution in [0.2, 0.25) is 0 Å².